The van der Waals surface area contributed by atoms with Crippen molar-refractivity contribution in [2.45, 2.75) is 79.4 Å². The van der Waals surface area contributed by atoms with E-state index in [1.807, 2.05) is 0 Å². The first-order chi connectivity index (χ1) is 20.2. The Labute approximate surface area is 252 Å². The molecule has 240 valence electrons. The summed E-state index contributed by atoms with van der Waals surface area (Å²) in [5, 5.41) is 6.80. The number of nitrogens with one attached hydrogen (secondary N) is 2. The van der Waals surface area contributed by atoms with Gasteiger partial charge >= 0.3 is 12.0 Å². The van der Waals surface area contributed by atoms with Gasteiger partial charge in [0.2, 0.25) is 23.5 Å². The van der Waals surface area contributed by atoms with Gasteiger partial charge in [0.05, 0.1) is 40.6 Å². The molecule has 12 heteroatoms. The third-order valence-electron chi connectivity index (χ3n) is 6.26. The topological polar surface area (TPSA) is 131 Å². The van der Waals surface area contributed by atoms with Crippen LogP contribution in [0.1, 0.15) is 67.2 Å². The Morgan fingerprint density at radius 3 is 1.12 bits per heavy atom. The minimum atomic E-state index is -0.00123. The first kappa shape index (κ1) is 36.9. The number of ether oxygens (including phenoxy) is 6. The maximum atomic E-state index is 5.90. The Morgan fingerprint density at radius 1 is 0.571 bits per heavy atom. The van der Waals surface area contributed by atoms with Crippen LogP contribution in [0.2, 0.25) is 0 Å². The molecule has 2 heterocycles. The van der Waals surface area contributed by atoms with Crippen LogP contribution < -0.4 is 39.1 Å². The normalized spacial score (nSPS) is 12.3. The van der Waals surface area contributed by atoms with Gasteiger partial charge in [0.25, 0.3) is 0 Å². The molecule has 2 rings (SSSR count). The van der Waals surface area contributed by atoms with Crippen molar-refractivity contribution < 1.29 is 28.4 Å². The third kappa shape index (κ3) is 14.7. The van der Waals surface area contributed by atoms with E-state index in [9.17, 15) is 0 Å². The summed E-state index contributed by atoms with van der Waals surface area (Å²) in [6.07, 6.45) is 4.67. The van der Waals surface area contributed by atoms with E-state index in [0.717, 1.165) is 39.0 Å². The molecule has 0 saturated carbocycles. The zero-order valence-corrected chi connectivity index (χ0v) is 27.4. The fraction of sp³-hybridized carbons (Fsp3) is 0.733. The lowest BCUT2D eigenvalue weighted by molar-refractivity contribution is 0.133. The molecule has 0 amide bonds. The second-order valence-corrected chi connectivity index (χ2v) is 10.4. The molecule has 0 saturated heterocycles. The van der Waals surface area contributed by atoms with Crippen molar-refractivity contribution in [3.63, 3.8) is 0 Å². The van der Waals surface area contributed by atoms with Crippen LogP contribution in [0.3, 0.4) is 0 Å². The Bertz CT molecular complexity index is 859. The van der Waals surface area contributed by atoms with Crippen LogP contribution in [-0.2, 0) is 0 Å². The quantitative estimate of drug-likeness (QED) is 0.208. The summed E-state index contributed by atoms with van der Waals surface area (Å²) in [6, 6.07) is 3.80. The molecule has 0 aromatic carbocycles. The standard InChI is InChI=1S/2C15H27N3O3/c2*1-6-7-8-16-10-12(11(2)3)21-15-17-13(19-4)9-14(18-15)20-5/h2*9,11-12,16H,6-8,10H2,1-5H3. The first-order valence-corrected chi connectivity index (χ1v) is 14.9. The molecular formula is C30H54N6O6. The summed E-state index contributed by atoms with van der Waals surface area (Å²) < 4.78 is 32.3. The van der Waals surface area contributed by atoms with E-state index >= 15 is 0 Å². The van der Waals surface area contributed by atoms with Crippen molar-refractivity contribution in [2.75, 3.05) is 54.6 Å². The highest BCUT2D eigenvalue weighted by molar-refractivity contribution is 5.23. The van der Waals surface area contributed by atoms with E-state index in [-0.39, 0.29) is 24.2 Å². The molecule has 0 aliphatic heterocycles. The van der Waals surface area contributed by atoms with Crippen molar-refractivity contribution in [3.8, 4) is 35.5 Å². The zero-order valence-electron chi connectivity index (χ0n) is 27.4. The van der Waals surface area contributed by atoms with Crippen LogP contribution in [-0.4, -0.2) is 86.8 Å². The second kappa shape index (κ2) is 21.6. The monoisotopic (exact) mass is 594 g/mol. The van der Waals surface area contributed by atoms with Gasteiger partial charge in [-0.3, -0.25) is 0 Å². The molecule has 0 fully saturated rings. The van der Waals surface area contributed by atoms with Gasteiger partial charge in [-0.1, -0.05) is 54.4 Å². The van der Waals surface area contributed by atoms with E-state index in [0.29, 0.717) is 35.4 Å². The average molecular weight is 595 g/mol. The van der Waals surface area contributed by atoms with Crippen LogP contribution in [0.15, 0.2) is 12.1 Å². The third-order valence-corrected chi connectivity index (χ3v) is 6.26. The molecule has 12 nitrogen and oxygen atoms in total. The highest BCUT2D eigenvalue weighted by Crippen LogP contribution is 2.22. The lowest BCUT2D eigenvalue weighted by atomic mass is 10.1. The zero-order chi connectivity index (χ0) is 31.3. The number of hydrogen-bond acceptors (Lipinski definition) is 12. The maximum absolute atomic E-state index is 5.90. The summed E-state index contributed by atoms with van der Waals surface area (Å²) in [6.45, 7) is 16.3. The van der Waals surface area contributed by atoms with E-state index in [1.54, 1.807) is 40.6 Å². The Hall–Kier alpha value is -3.12. The number of unbranched alkanes of at least 4 members (excludes halogenated alkanes) is 2. The lowest BCUT2D eigenvalue weighted by Gasteiger charge is -2.22. The van der Waals surface area contributed by atoms with Crippen LogP contribution >= 0.6 is 0 Å². The summed E-state index contributed by atoms with van der Waals surface area (Å²) in [7, 11) is 6.21. The predicted molar refractivity (Wildman–Crippen MR) is 164 cm³/mol. The summed E-state index contributed by atoms with van der Waals surface area (Å²) in [4.78, 5) is 16.8. The number of nitrogens with zero attached hydrogens (tertiary/aromatic N) is 4. The minimum absolute atomic E-state index is 0.00123. The van der Waals surface area contributed by atoms with Crippen molar-refractivity contribution in [1.82, 2.24) is 30.6 Å². The SMILES string of the molecule is CCCCNCC(Oc1nc(OC)cc(OC)n1)C(C)C.CCCCNCC(Oc1nc(OC)cc(OC)n1)C(C)C. The second-order valence-electron chi connectivity index (χ2n) is 10.4. The molecule has 2 atom stereocenters. The summed E-state index contributed by atoms with van der Waals surface area (Å²) in [5.41, 5.74) is 0. The van der Waals surface area contributed by atoms with Gasteiger partial charge in [-0.25, -0.2) is 0 Å². The van der Waals surface area contributed by atoms with Crippen molar-refractivity contribution in [3.05, 3.63) is 12.1 Å². The molecule has 42 heavy (non-hydrogen) atoms. The highest BCUT2D eigenvalue weighted by atomic mass is 16.5. The molecule has 0 radical (unpaired) electrons. The lowest BCUT2D eigenvalue weighted by Crippen LogP contribution is -2.36. The Balaban J connectivity index is 0.000000420. The number of hydrogen-bond donors (Lipinski definition) is 2. The maximum Gasteiger partial charge on any atom is 0.323 e. The van der Waals surface area contributed by atoms with Crippen LogP contribution in [0.5, 0.6) is 35.5 Å². The van der Waals surface area contributed by atoms with E-state index in [2.05, 4.69) is 72.1 Å². The molecule has 0 aliphatic carbocycles. The Kier molecular flexibility index (Phi) is 18.9. The van der Waals surface area contributed by atoms with Crippen molar-refractivity contribution in [1.29, 1.82) is 0 Å². The summed E-state index contributed by atoms with van der Waals surface area (Å²) >= 11 is 0. The molecule has 2 unspecified atom stereocenters. The average Bonchev–Trinajstić information content (AvgIpc) is 2.99. The predicted octanol–water partition coefficient (Wildman–Crippen LogP) is 4.57. The first-order valence-electron chi connectivity index (χ1n) is 14.9. The molecule has 2 aromatic heterocycles. The fourth-order valence-electron chi connectivity index (χ4n) is 3.48. The van der Waals surface area contributed by atoms with Gasteiger partial charge in [0.1, 0.15) is 12.2 Å². The molecular weight excluding hydrogens is 540 g/mol. The molecule has 0 bridgehead atoms. The smallest absolute Gasteiger partial charge is 0.323 e. The van der Waals surface area contributed by atoms with Gasteiger partial charge in [0.15, 0.2) is 0 Å². The highest BCUT2D eigenvalue weighted by Gasteiger charge is 2.19. The minimum Gasteiger partial charge on any atom is -0.481 e. The number of rotatable bonds is 20. The Morgan fingerprint density at radius 2 is 0.881 bits per heavy atom. The number of methoxy groups -OCH3 is 4. The van der Waals surface area contributed by atoms with Gasteiger partial charge in [-0.2, -0.15) is 19.9 Å². The largest absolute Gasteiger partial charge is 0.481 e. The van der Waals surface area contributed by atoms with E-state index < -0.39 is 0 Å². The molecule has 0 spiro atoms. The molecule has 2 N–H and O–H groups in total. The van der Waals surface area contributed by atoms with Crippen molar-refractivity contribution in [2.24, 2.45) is 11.8 Å². The van der Waals surface area contributed by atoms with Gasteiger partial charge in [-0.05, 0) is 37.8 Å². The van der Waals surface area contributed by atoms with E-state index in [4.69, 9.17) is 28.4 Å². The number of aromatic nitrogens is 4. The van der Waals surface area contributed by atoms with Gasteiger partial charge in [0, 0.05) is 13.1 Å². The van der Waals surface area contributed by atoms with Crippen LogP contribution in [0.25, 0.3) is 0 Å². The fourth-order valence-corrected chi connectivity index (χ4v) is 3.48. The summed E-state index contributed by atoms with van der Waals surface area (Å²) in [5.74, 6) is 2.41. The van der Waals surface area contributed by atoms with Crippen molar-refractivity contribution >= 4 is 0 Å². The van der Waals surface area contributed by atoms with Crippen LogP contribution in [0.4, 0.5) is 0 Å². The van der Waals surface area contributed by atoms with Gasteiger partial charge in [-0.15, -0.1) is 0 Å². The molecule has 0 aliphatic rings. The van der Waals surface area contributed by atoms with Crippen LogP contribution in [0, 0.1) is 11.8 Å². The molecule has 2 aromatic rings. The van der Waals surface area contributed by atoms with Gasteiger partial charge < -0.3 is 39.1 Å². The van der Waals surface area contributed by atoms with E-state index in [1.165, 1.54) is 12.8 Å².